The first kappa shape index (κ1) is 53.4. The summed E-state index contributed by atoms with van der Waals surface area (Å²) in [5.41, 5.74) is 0. The van der Waals surface area contributed by atoms with Gasteiger partial charge in [-0.2, -0.15) is 0 Å². The molecule has 6 nitrogen and oxygen atoms in total. The summed E-state index contributed by atoms with van der Waals surface area (Å²) in [5.74, 6) is -0.00579. The highest BCUT2D eigenvalue weighted by atomic mass is 16.6. The zero-order valence-corrected chi connectivity index (χ0v) is 37.4. The lowest BCUT2D eigenvalue weighted by molar-refractivity contribution is -0.167. The first-order valence-corrected chi connectivity index (χ1v) is 24.4. The van der Waals surface area contributed by atoms with Crippen LogP contribution in [0.15, 0.2) is 0 Å². The van der Waals surface area contributed by atoms with Crippen LogP contribution in [0, 0.1) is 5.92 Å². The third-order valence-electron chi connectivity index (χ3n) is 11.0. The van der Waals surface area contributed by atoms with Crippen LogP contribution in [0.5, 0.6) is 0 Å². The van der Waals surface area contributed by atoms with Crippen molar-refractivity contribution in [1.82, 2.24) is 0 Å². The maximum Gasteiger partial charge on any atom is 0.306 e. The lowest BCUT2D eigenvalue weighted by atomic mass is 10.0. The molecule has 0 amide bonds. The second-order valence-corrected chi connectivity index (χ2v) is 17.2. The summed E-state index contributed by atoms with van der Waals surface area (Å²) in [4.78, 5) is 37.5. The van der Waals surface area contributed by atoms with Gasteiger partial charge in [0.25, 0.3) is 0 Å². The van der Waals surface area contributed by atoms with E-state index in [1.807, 2.05) is 0 Å². The maximum atomic E-state index is 12.6. The first-order valence-electron chi connectivity index (χ1n) is 24.4. The zero-order valence-electron chi connectivity index (χ0n) is 37.4. The molecular weight excluding hydrogens is 685 g/mol. The third-order valence-corrected chi connectivity index (χ3v) is 11.0. The molecule has 0 spiro atoms. The van der Waals surface area contributed by atoms with E-state index in [1.165, 1.54) is 161 Å². The molecule has 0 aliphatic carbocycles. The van der Waals surface area contributed by atoms with Crippen LogP contribution in [-0.4, -0.2) is 37.2 Å². The van der Waals surface area contributed by atoms with Gasteiger partial charge >= 0.3 is 17.9 Å². The van der Waals surface area contributed by atoms with E-state index in [0.29, 0.717) is 19.3 Å². The predicted octanol–water partition coefficient (Wildman–Crippen LogP) is 15.5. The van der Waals surface area contributed by atoms with Crippen LogP contribution in [0.25, 0.3) is 0 Å². The molecular formula is C49H94O6. The third kappa shape index (κ3) is 43.4. The summed E-state index contributed by atoms with van der Waals surface area (Å²) in [7, 11) is 0. The molecule has 1 atom stereocenters. The number of hydrogen-bond acceptors (Lipinski definition) is 6. The van der Waals surface area contributed by atoms with Gasteiger partial charge in [-0.15, -0.1) is 0 Å². The van der Waals surface area contributed by atoms with Crippen molar-refractivity contribution in [3.05, 3.63) is 0 Å². The molecule has 0 unspecified atom stereocenters. The fraction of sp³-hybridized carbons (Fsp3) is 0.939. The van der Waals surface area contributed by atoms with Gasteiger partial charge in [-0.25, -0.2) is 0 Å². The quantitative estimate of drug-likeness (QED) is 0.0348. The van der Waals surface area contributed by atoms with Crippen LogP contribution in [0.3, 0.4) is 0 Å². The minimum Gasteiger partial charge on any atom is -0.462 e. The fourth-order valence-corrected chi connectivity index (χ4v) is 7.33. The van der Waals surface area contributed by atoms with Gasteiger partial charge in [0.05, 0.1) is 0 Å². The number of unbranched alkanes of at least 4 members (excludes halogenated alkanes) is 31. The Morgan fingerprint density at radius 1 is 0.345 bits per heavy atom. The predicted molar refractivity (Wildman–Crippen MR) is 233 cm³/mol. The largest absolute Gasteiger partial charge is 0.462 e. The standard InChI is InChI=1S/C49H94O6/c1-5-7-9-11-12-13-22-27-30-34-38-42-49(52)55-46(43-53-47(50)40-36-31-10-8-6-2)44-54-48(51)41-37-33-29-26-24-21-19-17-15-14-16-18-20-23-25-28-32-35-39-45(3)4/h45-46H,5-44H2,1-4H3/t46-/m0/s1. The van der Waals surface area contributed by atoms with Gasteiger partial charge in [0, 0.05) is 19.3 Å². The Kier molecular flexibility index (Phi) is 42.3. The highest BCUT2D eigenvalue weighted by molar-refractivity contribution is 5.71. The monoisotopic (exact) mass is 779 g/mol. The Hall–Kier alpha value is -1.59. The molecule has 55 heavy (non-hydrogen) atoms. The van der Waals surface area contributed by atoms with E-state index in [9.17, 15) is 14.4 Å². The van der Waals surface area contributed by atoms with Crippen molar-refractivity contribution in [2.75, 3.05) is 13.2 Å². The molecule has 0 rings (SSSR count). The summed E-state index contributed by atoms with van der Waals surface area (Å²) < 4.78 is 16.6. The molecule has 0 saturated carbocycles. The van der Waals surface area contributed by atoms with Crippen molar-refractivity contribution >= 4 is 17.9 Å². The molecule has 0 aliphatic heterocycles. The number of carbonyl (C=O) groups excluding carboxylic acids is 3. The summed E-state index contributed by atoms with van der Waals surface area (Å²) in [6, 6.07) is 0. The minimum atomic E-state index is -0.757. The van der Waals surface area contributed by atoms with Crippen molar-refractivity contribution < 1.29 is 28.6 Å². The Morgan fingerprint density at radius 3 is 0.891 bits per heavy atom. The van der Waals surface area contributed by atoms with E-state index in [0.717, 1.165) is 70.1 Å². The van der Waals surface area contributed by atoms with E-state index in [2.05, 4.69) is 27.7 Å². The van der Waals surface area contributed by atoms with Crippen molar-refractivity contribution in [2.45, 2.75) is 278 Å². The Bertz CT molecular complexity index is 826. The number of esters is 3. The normalized spacial score (nSPS) is 11.9. The molecule has 0 aromatic rings. The molecule has 0 fully saturated rings. The summed E-state index contributed by atoms with van der Waals surface area (Å²) in [6.07, 6.45) is 44.1. The average molecular weight is 779 g/mol. The Labute approximate surface area is 342 Å². The number of hydrogen-bond donors (Lipinski definition) is 0. The number of carbonyl (C=O) groups is 3. The van der Waals surface area contributed by atoms with Crippen LogP contribution in [0.1, 0.15) is 272 Å². The first-order chi connectivity index (χ1) is 26.9. The summed E-state index contributed by atoms with van der Waals surface area (Å²) in [6.45, 7) is 8.95. The molecule has 0 aliphatic rings. The Balaban J connectivity index is 4.04. The van der Waals surface area contributed by atoms with Crippen molar-refractivity contribution in [3.8, 4) is 0 Å². The second-order valence-electron chi connectivity index (χ2n) is 17.2. The second kappa shape index (κ2) is 43.5. The molecule has 0 aromatic carbocycles. The van der Waals surface area contributed by atoms with Gasteiger partial charge in [0.15, 0.2) is 6.10 Å². The molecule has 0 heterocycles. The molecule has 0 saturated heterocycles. The van der Waals surface area contributed by atoms with E-state index < -0.39 is 6.10 Å². The molecule has 326 valence electrons. The van der Waals surface area contributed by atoms with Crippen LogP contribution in [0.2, 0.25) is 0 Å². The van der Waals surface area contributed by atoms with E-state index in [4.69, 9.17) is 14.2 Å². The zero-order chi connectivity index (χ0) is 40.3. The molecule has 6 heteroatoms. The average Bonchev–Trinajstić information content (AvgIpc) is 3.17. The van der Waals surface area contributed by atoms with E-state index >= 15 is 0 Å². The van der Waals surface area contributed by atoms with Crippen molar-refractivity contribution in [3.63, 3.8) is 0 Å². The van der Waals surface area contributed by atoms with Gasteiger partial charge in [0.1, 0.15) is 13.2 Å². The summed E-state index contributed by atoms with van der Waals surface area (Å²) in [5, 5.41) is 0. The minimum absolute atomic E-state index is 0.0642. The summed E-state index contributed by atoms with van der Waals surface area (Å²) >= 11 is 0. The topological polar surface area (TPSA) is 78.9 Å². The fourth-order valence-electron chi connectivity index (χ4n) is 7.33. The van der Waals surface area contributed by atoms with Crippen LogP contribution < -0.4 is 0 Å². The molecule has 0 bridgehead atoms. The van der Waals surface area contributed by atoms with Gasteiger partial charge < -0.3 is 14.2 Å². The van der Waals surface area contributed by atoms with E-state index in [1.54, 1.807) is 0 Å². The highest BCUT2D eigenvalue weighted by Gasteiger charge is 2.19. The van der Waals surface area contributed by atoms with Crippen LogP contribution in [0.4, 0.5) is 0 Å². The molecule has 0 radical (unpaired) electrons. The smallest absolute Gasteiger partial charge is 0.306 e. The van der Waals surface area contributed by atoms with Crippen molar-refractivity contribution in [2.24, 2.45) is 5.92 Å². The number of rotatable bonds is 44. The van der Waals surface area contributed by atoms with Crippen molar-refractivity contribution in [1.29, 1.82) is 0 Å². The lowest BCUT2D eigenvalue weighted by Gasteiger charge is -2.18. The SMILES string of the molecule is CCCCCCCCCCCCCC(=O)O[C@@H](COC(=O)CCCCCCC)COC(=O)CCCCCCCCCCCCCCCCCCCCC(C)C. The van der Waals surface area contributed by atoms with Crippen LogP contribution >= 0.6 is 0 Å². The van der Waals surface area contributed by atoms with Gasteiger partial charge in [-0.05, 0) is 25.2 Å². The molecule has 0 N–H and O–H groups in total. The van der Waals surface area contributed by atoms with Gasteiger partial charge in [-0.1, -0.05) is 233 Å². The highest BCUT2D eigenvalue weighted by Crippen LogP contribution is 2.17. The van der Waals surface area contributed by atoms with Crippen LogP contribution in [-0.2, 0) is 28.6 Å². The maximum absolute atomic E-state index is 12.6. The Morgan fingerprint density at radius 2 is 0.600 bits per heavy atom. The number of ether oxygens (including phenoxy) is 3. The molecule has 0 aromatic heterocycles. The lowest BCUT2D eigenvalue weighted by Crippen LogP contribution is -2.30. The van der Waals surface area contributed by atoms with E-state index in [-0.39, 0.29) is 31.1 Å². The van der Waals surface area contributed by atoms with Gasteiger partial charge in [-0.3, -0.25) is 14.4 Å². The van der Waals surface area contributed by atoms with Gasteiger partial charge in [0.2, 0.25) is 0 Å².